The number of thioether (sulfide) groups is 1. The highest BCUT2D eigenvalue weighted by atomic mass is 32.2. The highest BCUT2D eigenvalue weighted by molar-refractivity contribution is 7.98. The van der Waals surface area contributed by atoms with Gasteiger partial charge in [0.2, 0.25) is 10.0 Å². The molecule has 3 aromatic rings. The van der Waals surface area contributed by atoms with Crippen LogP contribution in [0.2, 0.25) is 0 Å². The first-order chi connectivity index (χ1) is 16.4. The van der Waals surface area contributed by atoms with Gasteiger partial charge in [-0.15, -0.1) is 0 Å². The summed E-state index contributed by atoms with van der Waals surface area (Å²) in [5, 5.41) is 0.506. The Balaban J connectivity index is 1.29. The van der Waals surface area contributed by atoms with Crippen LogP contribution in [-0.4, -0.2) is 49.0 Å². The summed E-state index contributed by atoms with van der Waals surface area (Å²) in [6.07, 6.45) is 2.51. The average Bonchev–Trinajstić information content (AvgIpc) is 3.33. The van der Waals surface area contributed by atoms with Gasteiger partial charge in [-0.05, 0) is 54.2 Å². The molecule has 0 unspecified atom stereocenters. The fraction of sp³-hybridized carbons (Fsp3) is 0.333. The van der Waals surface area contributed by atoms with Gasteiger partial charge in [0.15, 0.2) is 5.16 Å². The molecule has 0 spiro atoms. The third-order valence-electron chi connectivity index (χ3n) is 6.13. The van der Waals surface area contributed by atoms with Gasteiger partial charge < -0.3 is 9.72 Å². The van der Waals surface area contributed by atoms with Crippen LogP contribution >= 0.6 is 11.8 Å². The van der Waals surface area contributed by atoms with E-state index < -0.39 is 10.0 Å². The van der Waals surface area contributed by atoms with Gasteiger partial charge in [-0.25, -0.2) is 17.8 Å². The molecule has 0 bridgehead atoms. The number of rotatable bonds is 6. The van der Waals surface area contributed by atoms with Gasteiger partial charge in [0.1, 0.15) is 5.82 Å². The molecule has 1 aliphatic carbocycles. The van der Waals surface area contributed by atoms with E-state index in [0.29, 0.717) is 48.3 Å². The molecule has 2 aliphatic rings. The predicted molar refractivity (Wildman–Crippen MR) is 128 cm³/mol. The van der Waals surface area contributed by atoms with Crippen LogP contribution in [0, 0.1) is 5.82 Å². The van der Waals surface area contributed by atoms with Gasteiger partial charge in [-0.1, -0.05) is 36.0 Å². The molecule has 34 heavy (non-hydrogen) atoms. The number of aromatic amines is 1. The molecule has 0 atom stereocenters. The smallest absolute Gasteiger partial charge is 0.254 e. The number of hydrogen-bond donors (Lipinski definition) is 1. The quantitative estimate of drug-likeness (QED) is 0.411. The molecule has 1 N–H and O–H groups in total. The minimum absolute atomic E-state index is 0.0973. The van der Waals surface area contributed by atoms with Crippen LogP contribution in [0.25, 0.3) is 11.1 Å². The first-order valence-electron chi connectivity index (χ1n) is 11.1. The number of benzene rings is 2. The van der Waals surface area contributed by atoms with Crippen molar-refractivity contribution in [3.63, 3.8) is 0 Å². The van der Waals surface area contributed by atoms with Crippen molar-refractivity contribution in [1.29, 1.82) is 0 Å². The second-order valence-electron chi connectivity index (χ2n) is 8.29. The Morgan fingerprint density at radius 3 is 2.53 bits per heavy atom. The SMILES string of the molecule is O=c1[nH]c(SCc2ccc(-c3ccc(S(=O)(=O)N4CCOCC4)cc3)cc2F)nc2c1CCC2. The zero-order chi connectivity index (χ0) is 23.7. The summed E-state index contributed by atoms with van der Waals surface area (Å²) in [4.78, 5) is 19.7. The van der Waals surface area contributed by atoms with Crippen LogP contribution in [0.5, 0.6) is 0 Å². The second-order valence-corrected chi connectivity index (χ2v) is 11.2. The zero-order valence-electron chi connectivity index (χ0n) is 18.4. The second kappa shape index (κ2) is 9.61. The standard InChI is InChI=1S/C24H24FN3O4S2/c25-21-14-17(16-6-8-19(9-7-16)34(30,31)28-10-12-32-13-11-28)4-5-18(21)15-33-24-26-22-3-1-2-20(22)23(29)27-24/h4-9,14H,1-3,10-13,15H2,(H,26,27,29). The molecule has 1 saturated heterocycles. The summed E-state index contributed by atoms with van der Waals surface area (Å²) in [5.41, 5.74) is 3.40. The molecule has 5 rings (SSSR count). The first kappa shape index (κ1) is 23.2. The van der Waals surface area contributed by atoms with Crippen molar-refractivity contribution in [2.75, 3.05) is 26.3 Å². The van der Waals surface area contributed by atoms with Crippen LogP contribution in [0.15, 0.2) is 57.3 Å². The Hall–Kier alpha value is -2.53. The van der Waals surface area contributed by atoms with Crippen LogP contribution in [0.1, 0.15) is 23.2 Å². The molecule has 1 fully saturated rings. The minimum atomic E-state index is -3.57. The van der Waals surface area contributed by atoms with E-state index in [1.54, 1.807) is 30.3 Å². The number of aryl methyl sites for hydroxylation is 1. The van der Waals surface area contributed by atoms with Crippen LogP contribution in [0.3, 0.4) is 0 Å². The molecule has 1 aliphatic heterocycles. The molecule has 0 amide bonds. The van der Waals surface area contributed by atoms with E-state index in [2.05, 4.69) is 9.97 Å². The number of nitrogens with zero attached hydrogens (tertiary/aromatic N) is 2. The number of halogens is 1. The molecule has 178 valence electrons. The number of sulfonamides is 1. The van der Waals surface area contributed by atoms with Gasteiger partial charge in [0, 0.05) is 24.4 Å². The van der Waals surface area contributed by atoms with Crippen LogP contribution < -0.4 is 5.56 Å². The van der Waals surface area contributed by atoms with Gasteiger partial charge in [-0.2, -0.15) is 4.31 Å². The number of morpholine rings is 1. The largest absolute Gasteiger partial charge is 0.379 e. The number of hydrogen-bond acceptors (Lipinski definition) is 6. The Morgan fingerprint density at radius 2 is 1.79 bits per heavy atom. The number of H-pyrrole nitrogens is 1. The van der Waals surface area contributed by atoms with Gasteiger partial charge >= 0.3 is 0 Å². The van der Waals surface area contributed by atoms with E-state index in [4.69, 9.17) is 4.74 Å². The third kappa shape index (κ3) is 4.68. The molecule has 2 heterocycles. The molecular formula is C24H24FN3O4S2. The van der Waals surface area contributed by atoms with E-state index in [0.717, 1.165) is 36.1 Å². The minimum Gasteiger partial charge on any atom is -0.379 e. The molecule has 0 radical (unpaired) electrons. The fourth-order valence-corrected chi connectivity index (χ4v) is 6.51. The third-order valence-corrected chi connectivity index (χ3v) is 8.97. The Kier molecular flexibility index (Phi) is 6.57. The Labute approximate surface area is 201 Å². The maximum absolute atomic E-state index is 14.8. The average molecular weight is 502 g/mol. The highest BCUT2D eigenvalue weighted by Crippen LogP contribution is 2.28. The van der Waals surface area contributed by atoms with Crippen molar-refractivity contribution in [2.24, 2.45) is 0 Å². The lowest BCUT2D eigenvalue weighted by atomic mass is 10.0. The summed E-state index contributed by atoms with van der Waals surface area (Å²) < 4.78 is 47.1. The topological polar surface area (TPSA) is 92.4 Å². The molecule has 2 aromatic carbocycles. The maximum Gasteiger partial charge on any atom is 0.254 e. The molecule has 10 heteroatoms. The summed E-state index contributed by atoms with van der Waals surface area (Å²) in [7, 11) is -3.57. The van der Waals surface area contributed by atoms with Gasteiger partial charge in [-0.3, -0.25) is 4.79 Å². The fourth-order valence-electron chi connectivity index (χ4n) is 4.23. The van der Waals surface area contributed by atoms with Crippen LogP contribution in [-0.2, 0) is 33.4 Å². The number of aromatic nitrogens is 2. The first-order valence-corrected chi connectivity index (χ1v) is 13.6. The van der Waals surface area contributed by atoms with Gasteiger partial charge in [0.05, 0.1) is 23.8 Å². The number of fused-ring (bicyclic) bond motifs is 1. The lowest BCUT2D eigenvalue weighted by Gasteiger charge is -2.26. The summed E-state index contributed by atoms with van der Waals surface area (Å²) >= 11 is 1.30. The van der Waals surface area contributed by atoms with E-state index in [9.17, 15) is 17.6 Å². The normalized spacial score (nSPS) is 16.5. The molecule has 0 saturated carbocycles. The maximum atomic E-state index is 14.8. The molecular weight excluding hydrogens is 477 g/mol. The van der Waals surface area contributed by atoms with Crippen molar-refractivity contribution in [2.45, 2.75) is 35.1 Å². The van der Waals surface area contributed by atoms with E-state index >= 15 is 0 Å². The zero-order valence-corrected chi connectivity index (χ0v) is 20.1. The molecule has 7 nitrogen and oxygen atoms in total. The lowest BCUT2D eigenvalue weighted by Crippen LogP contribution is -2.40. The Morgan fingerprint density at radius 1 is 1.06 bits per heavy atom. The van der Waals surface area contributed by atoms with Crippen LogP contribution in [0.4, 0.5) is 4.39 Å². The summed E-state index contributed by atoms with van der Waals surface area (Å²) in [5.74, 6) is -0.0246. The van der Waals surface area contributed by atoms with Crippen molar-refractivity contribution in [3.05, 3.63) is 75.5 Å². The highest BCUT2D eigenvalue weighted by Gasteiger charge is 2.26. The van der Waals surface area contributed by atoms with E-state index in [-0.39, 0.29) is 16.3 Å². The van der Waals surface area contributed by atoms with E-state index in [1.807, 2.05) is 6.07 Å². The lowest BCUT2D eigenvalue weighted by molar-refractivity contribution is 0.0730. The predicted octanol–water partition coefficient (Wildman–Crippen LogP) is 3.38. The van der Waals surface area contributed by atoms with Crippen molar-refractivity contribution in [3.8, 4) is 11.1 Å². The monoisotopic (exact) mass is 501 g/mol. The van der Waals surface area contributed by atoms with Gasteiger partial charge in [0.25, 0.3) is 5.56 Å². The summed E-state index contributed by atoms with van der Waals surface area (Å²) in [6.45, 7) is 1.45. The Bertz CT molecular complexity index is 1370. The van der Waals surface area contributed by atoms with Crippen molar-refractivity contribution in [1.82, 2.24) is 14.3 Å². The van der Waals surface area contributed by atoms with E-state index in [1.165, 1.54) is 22.1 Å². The van der Waals surface area contributed by atoms with Crippen molar-refractivity contribution < 1.29 is 17.5 Å². The summed E-state index contributed by atoms with van der Waals surface area (Å²) in [6, 6.07) is 11.5. The number of ether oxygens (including phenoxy) is 1. The van der Waals surface area contributed by atoms with Crippen molar-refractivity contribution >= 4 is 21.8 Å². The molecule has 1 aromatic heterocycles. The number of nitrogens with one attached hydrogen (secondary N) is 1.